The standard InChI is InChI=1S/C20H21NO5S/c1-2-27(25,26)16-8-5-6-14(12-16)13-18(22)21-11-10-15-7-3-4-9-17(15)19(21)20(23)24/h3-9,12,19H,2,10-11,13H2,1H3,(H,23,24). The molecule has 1 amide bonds. The average molecular weight is 387 g/mol. The average Bonchev–Trinajstić information content (AvgIpc) is 2.67. The number of benzene rings is 2. The Morgan fingerprint density at radius 1 is 1.15 bits per heavy atom. The Morgan fingerprint density at radius 3 is 2.59 bits per heavy atom. The van der Waals surface area contributed by atoms with E-state index in [4.69, 9.17) is 0 Å². The highest BCUT2D eigenvalue weighted by Crippen LogP contribution is 2.30. The number of fused-ring (bicyclic) bond motifs is 1. The van der Waals surface area contributed by atoms with E-state index in [1.165, 1.54) is 17.0 Å². The van der Waals surface area contributed by atoms with E-state index < -0.39 is 21.8 Å². The highest BCUT2D eigenvalue weighted by molar-refractivity contribution is 7.91. The number of hydrogen-bond donors (Lipinski definition) is 1. The number of amides is 1. The highest BCUT2D eigenvalue weighted by atomic mass is 32.2. The van der Waals surface area contributed by atoms with Crippen molar-refractivity contribution >= 4 is 21.7 Å². The van der Waals surface area contributed by atoms with E-state index in [1.807, 2.05) is 12.1 Å². The quantitative estimate of drug-likeness (QED) is 0.849. The number of aliphatic carboxylic acids is 1. The number of carboxylic acids is 1. The summed E-state index contributed by atoms with van der Waals surface area (Å²) in [5.74, 6) is -1.42. The highest BCUT2D eigenvalue weighted by Gasteiger charge is 2.35. The zero-order valence-corrected chi connectivity index (χ0v) is 15.8. The van der Waals surface area contributed by atoms with Crippen LogP contribution in [-0.2, 0) is 32.3 Å². The van der Waals surface area contributed by atoms with Crippen LogP contribution >= 0.6 is 0 Å². The lowest BCUT2D eigenvalue weighted by Gasteiger charge is -2.35. The molecule has 6 nitrogen and oxygen atoms in total. The topological polar surface area (TPSA) is 91.8 Å². The van der Waals surface area contributed by atoms with Gasteiger partial charge < -0.3 is 10.0 Å². The molecule has 0 aliphatic carbocycles. The van der Waals surface area contributed by atoms with Gasteiger partial charge in [-0.15, -0.1) is 0 Å². The molecule has 0 spiro atoms. The SMILES string of the molecule is CCS(=O)(=O)c1cccc(CC(=O)N2CCc3ccccc3C2C(=O)O)c1. The Labute approximate surface area is 158 Å². The smallest absolute Gasteiger partial charge is 0.331 e. The van der Waals surface area contributed by atoms with Crippen molar-refractivity contribution in [1.29, 1.82) is 0 Å². The lowest BCUT2D eigenvalue weighted by Crippen LogP contribution is -2.44. The molecule has 3 rings (SSSR count). The van der Waals surface area contributed by atoms with E-state index in [0.29, 0.717) is 24.1 Å². The molecule has 1 N–H and O–H groups in total. The van der Waals surface area contributed by atoms with Gasteiger partial charge >= 0.3 is 5.97 Å². The normalized spacial score (nSPS) is 16.6. The third kappa shape index (κ3) is 3.88. The van der Waals surface area contributed by atoms with E-state index in [9.17, 15) is 23.1 Å². The van der Waals surface area contributed by atoms with E-state index in [2.05, 4.69) is 0 Å². The van der Waals surface area contributed by atoms with Gasteiger partial charge in [-0.25, -0.2) is 13.2 Å². The van der Waals surface area contributed by atoms with Crippen molar-refractivity contribution < 1.29 is 23.1 Å². The molecule has 2 aromatic carbocycles. The molecule has 1 atom stereocenters. The lowest BCUT2D eigenvalue weighted by atomic mass is 9.92. The monoisotopic (exact) mass is 387 g/mol. The maximum atomic E-state index is 12.8. The van der Waals surface area contributed by atoms with Crippen molar-refractivity contribution in [2.45, 2.75) is 30.7 Å². The number of carbonyl (C=O) groups is 2. The van der Waals surface area contributed by atoms with Crippen molar-refractivity contribution in [3.05, 3.63) is 65.2 Å². The summed E-state index contributed by atoms with van der Waals surface area (Å²) in [5, 5.41) is 9.68. The molecule has 2 aromatic rings. The van der Waals surface area contributed by atoms with Gasteiger partial charge in [0.05, 0.1) is 17.1 Å². The fourth-order valence-electron chi connectivity index (χ4n) is 3.39. The third-order valence-corrected chi connectivity index (χ3v) is 6.56. The lowest BCUT2D eigenvalue weighted by molar-refractivity contribution is -0.151. The van der Waals surface area contributed by atoms with Gasteiger partial charge in [0, 0.05) is 6.54 Å². The van der Waals surface area contributed by atoms with Crippen LogP contribution in [0.2, 0.25) is 0 Å². The first kappa shape index (κ1) is 19.1. The summed E-state index contributed by atoms with van der Waals surface area (Å²) in [7, 11) is -3.36. The predicted octanol–water partition coefficient (Wildman–Crippen LogP) is 2.23. The summed E-state index contributed by atoms with van der Waals surface area (Å²) in [5.41, 5.74) is 2.12. The molecule has 0 saturated carbocycles. The molecule has 0 saturated heterocycles. The Morgan fingerprint density at radius 2 is 1.89 bits per heavy atom. The van der Waals surface area contributed by atoms with Crippen LogP contribution in [-0.4, -0.2) is 42.6 Å². The van der Waals surface area contributed by atoms with Crippen molar-refractivity contribution in [3.63, 3.8) is 0 Å². The number of carboxylic acid groups (broad SMARTS) is 1. The van der Waals surface area contributed by atoms with Crippen molar-refractivity contribution in [1.82, 2.24) is 4.90 Å². The second-order valence-electron chi connectivity index (χ2n) is 6.50. The predicted molar refractivity (Wildman–Crippen MR) is 100 cm³/mol. The molecular weight excluding hydrogens is 366 g/mol. The van der Waals surface area contributed by atoms with E-state index in [0.717, 1.165) is 5.56 Å². The fraction of sp³-hybridized carbons (Fsp3) is 0.300. The zero-order chi connectivity index (χ0) is 19.6. The first-order valence-electron chi connectivity index (χ1n) is 8.75. The van der Waals surface area contributed by atoms with Gasteiger partial charge in [-0.1, -0.05) is 43.3 Å². The molecule has 1 heterocycles. The van der Waals surface area contributed by atoms with Gasteiger partial charge in [-0.05, 0) is 35.2 Å². The number of sulfone groups is 1. The summed E-state index contributed by atoms with van der Waals surface area (Å²) in [4.78, 5) is 26.2. The molecule has 0 bridgehead atoms. The third-order valence-electron chi connectivity index (χ3n) is 4.83. The Hall–Kier alpha value is -2.67. The van der Waals surface area contributed by atoms with Crippen molar-refractivity contribution in [3.8, 4) is 0 Å². The molecule has 0 radical (unpaired) electrons. The minimum atomic E-state index is -3.36. The van der Waals surface area contributed by atoms with E-state index >= 15 is 0 Å². The van der Waals surface area contributed by atoms with Crippen LogP contribution in [0.5, 0.6) is 0 Å². The van der Waals surface area contributed by atoms with Gasteiger partial charge in [0.2, 0.25) is 5.91 Å². The maximum Gasteiger partial charge on any atom is 0.331 e. The fourth-order valence-corrected chi connectivity index (χ4v) is 4.34. The van der Waals surface area contributed by atoms with Gasteiger partial charge in [0.15, 0.2) is 15.9 Å². The van der Waals surface area contributed by atoms with Crippen LogP contribution in [0.4, 0.5) is 0 Å². The molecule has 7 heteroatoms. The molecule has 1 aliphatic heterocycles. The first-order valence-corrected chi connectivity index (χ1v) is 10.4. The minimum absolute atomic E-state index is 0.0194. The Balaban J connectivity index is 1.86. The second kappa shape index (κ2) is 7.52. The molecule has 0 fully saturated rings. The molecular formula is C20H21NO5S. The Bertz CT molecular complexity index is 983. The summed E-state index contributed by atoms with van der Waals surface area (Å²) < 4.78 is 24.1. The van der Waals surface area contributed by atoms with Crippen molar-refractivity contribution in [2.24, 2.45) is 0 Å². The second-order valence-corrected chi connectivity index (χ2v) is 8.78. The Kier molecular flexibility index (Phi) is 5.32. The maximum absolute atomic E-state index is 12.8. The van der Waals surface area contributed by atoms with Gasteiger partial charge in [0.1, 0.15) is 0 Å². The number of carbonyl (C=O) groups excluding carboxylic acids is 1. The number of hydrogen-bond acceptors (Lipinski definition) is 4. The first-order chi connectivity index (χ1) is 12.8. The van der Waals surface area contributed by atoms with Crippen LogP contribution in [0.1, 0.15) is 29.7 Å². The minimum Gasteiger partial charge on any atom is -0.479 e. The van der Waals surface area contributed by atoms with Crippen LogP contribution in [0, 0.1) is 0 Å². The van der Waals surface area contributed by atoms with E-state index in [-0.39, 0.29) is 23.0 Å². The molecule has 1 aliphatic rings. The molecule has 1 unspecified atom stereocenters. The van der Waals surface area contributed by atoms with Crippen LogP contribution < -0.4 is 0 Å². The van der Waals surface area contributed by atoms with Crippen LogP contribution in [0.3, 0.4) is 0 Å². The zero-order valence-electron chi connectivity index (χ0n) is 15.0. The van der Waals surface area contributed by atoms with Gasteiger partial charge in [-0.2, -0.15) is 0 Å². The summed E-state index contributed by atoms with van der Waals surface area (Å²) >= 11 is 0. The summed E-state index contributed by atoms with van der Waals surface area (Å²) in [6.45, 7) is 1.88. The van der Waals surface area contributed by atoms with Crippen LogP contribution in [0.25, 0.3) is 0 Å². The van der Waals surface area contributed by atoms with E-state index in [1.54, 1.807) is 31.2 Å². The largest absolute Gasteiger partial charge is 0.479 e. The number of rotatable bonds is 5. The molecule has 27 heavy (non-hydrogen) atoms. The van der Waals surface area contributed by atoms with Gasteiger partial charge in [-0.3, -0.25) is 4.79 Å². The summed E-state index contributed by atoms with van der Waals surface area (Å²) in [6.07, 6.45) is 0.551. The summed E-state index contributed by atoms with van der Waals surface area (Å²) in [6, 6.07) is 12.5. The van der Waals surface area contributed by atoms with Crippen molar-refractivity contribution in [2.75, 3.05) is 12.3 Å². The molecule has 0 aromatic heterocycles. The molecule has 142 valence electrons. The number of nitrogens with zero attached hydrogens (tertiary/aromatic N) is 1. The van der Waals surface area contributed by atoms with Gasteiger partial charge in [0.25, 0.3) is 0 Å². The van der Waals surface area contributed by atoms with Crippen LogP contribution in [0.15, 0.2) is 53.4 Å².